The molecule has 0 bridgehead atoms. The second-order valence-corrected chi connectivity index (χ2v) is 11.1. The second kappa shape index (κ2) is 12.3. The molecular weight excluding hydrogens is 550 g/mol. The van der Waals surface area contributed by atoms with Crippen LogP contribution in [0.15, 0.2) is 23.5 Å². The molecule has 226 valence electrons. The van der Waals surface area contributed by atoms with E-state index in [-0.39, 0.29) is 35.8 Å². The fourth-order valence-corrected chi connectivity index (χ4v) is 6.13. The van der Waals surface area contributed by atoms with Gasteiger partial charge in [0.15, 0.2) is 11.6 Å². The van der Waals surface area contributed by atoms with Gasteiger partial charge in [-0.15, -0.1) is 5.10 Å². The summed E-state index contributed by atoms with van der Waals surface area (Å²) in [6.07, 6.45) is -1.12. The number of aliphatic hydroxyl groups excluding tert-OH is 2. The Morgan fingerprint density at radius 1 is 1.20 bits per heavy atom. The van der Waals surface area contributed by atoms with Crippen molar-refractivity contribution in [3.63, 3.8) is 0 Å². The summed E-state index contributed by atoms with van der Waals surface area (Å²) in [6.45, 7) is 0.640. The lowest BCUT2D eigenvalue weighted by molar-refractivity contribution is -0.210. The minimum Gasteiger partial charge on any atom is -0.394 e. The Hall–Kier alpha value is -2.65. The molecule has 0 amide bonds. The number of nitrogens with zero attached hydrogens (tertiary/aromatic N) is 4. The Balaban J connectivity index is 1.30. The fraction of sp³-hybridized carbons (Fsp3) is 0.667. The lowest BCUT2D eigenvalue weighted by atomic mass is 9.78. The topological polar surface area (TPSA) is 123 Å². The monoisotopic (exact) mass is 585 g/mol. The molecule has 41 heavy (non-hydrogen) atoms. The average Bonchev–Trinajstić information content (AvgIpc) is 3.59. The van der Waals surface area contributed by atoms with Gasteiger partial charge in [-0.3, -0.25) is 0 Å². The van der Waals surface area contributed by atoms with Gasteiger partial charge in [-0.05, 0) is 44.2 Å². The van der Waals surface area contributed by atoms with Crippen molar-refractivity contribution in [2.45, 2.75) is 94.0 Å². The van der Waals surface area contributed by atoms with Gasteiger partial charge in [-0.2, -0.15) is 0 Å². The highest BCUT2D eigenvalue weighted by Gasteiger charge is 2.49. The van der Waals surface area contributed by atoms with Crippen molar-refractivity contribution in [1.82, 2.24) is 20.3 Å². The summed E-state index contributed by atoms with van der Waals surface area (Å²) in [5.74, 6) is -2.03. The van der Waals surface area contributed by atoms with Gasteiger partial charge in [0.2, 0.25) is 0 Å². The maximum Gasteiger partial charge on any atom is 0.250 e. The van der Waals surface area contributed by atoms with Crippen molar-refractivity contribution in [2.24, 2.45) is 5.16 Å². The van der Waals surface area contributed by atoms with E-state index in [9.17, 15) is 27.8 Å². The van der Waals surface area contributed by atoms with Crippen LogP contribution in [-0.4, -0.2) is 93.7 Å². The number of oxime groups is 1. The number of hydrogen-bond donors (Lipinski definition) is 3. The number of aryl methyl sites for hydroxylation is 1. The van der Waals surface area contributed by atoms with Crippen LogP contribution in [0.2, 0.25) is 0 Å². The molecule has 1 aromatic carbocycles. The number of methoxy groups -OCH3 is 1. The molecule has 3 aliphatic rings. The summed E-state index contributed by atoms with van der Waals surface area (Å²) in [4.78, 5) is 5.87. The maximum absolute atomic E-state index is 14.6. The van der Waals surface area contributed by atoms with Crippen molar-refractivity contribution in [2.75, 3.05) is 20.3 Å². The molecule has 1 saturated heterocycles. The molecule has 3 N–H and O–H groups in total. The predicted molar refractivity (Wildman–Crippen MR) is 138 cm³/mol. The summed E-state index contributed by atoms with van der Waals surface area (Å²) in [6, 6.07) is 1.98. The van der Waals surface area contributed by atoms with Crippen LogP contribution in [0, 0.1) is 18.6 Å². The van der Waals surface area contributed by atoms with Crippen LogP contribution in [0.3, 0.4) is 0 Å². The molecule has 2 aliphatic heterocycles. The van der Waals surface area contributed by atoms with Crippen molar-refractivity contribution in [3.05, 3.63) is 35.5 Å². The van der Waals surface area contributed by atoms with Crippen LogP contribution < -0.4 is 5.32 Å². The van der Waals surface area contributed by atoms with E-state index in [1.807, 2.05) is 0 Å². The maximum atomic E-state index is 14.6. The zero-order valence-corrected chi connectivity index (χ0v) is 22.9. The molecule has 0 radical (unpaired) electrons. The first-order valence-corrected chi connectivity index (χ1v) is 13.7. The Morgan fingerprint density at radius 2 is 1.95 bits per heavy atom. The van der Waals surface area contributed by atoms with Crippen molar-refractivity contribution in [3.8, 4) is 11.3 Å². The van der Waals surface area contributed by atoms with E-state index in [1.54, 1.807) is 0 Å². The first-order valence-electron chi connectivity index (χ1n) is 13.7. The van der Waals surface area contributed by atoms with Crippen LogP contribution in [0.5, 0.6) is 0 Å². The summed E-state index contributed by atoms with van der Waals surface area (Å²) in [5.41, 5.74) is 0.371. The zero-order valence-electron chi connectivity index (χ0n) is 22.9. The van der Waals surface area contributed by atoms with Crippen LogP contribution in [0.1, 0.15) is 50.1 Å². The molecule has 14 heteroatoms. The summed E-state index contributed by atoms with van der Waals surface area (Å²) in [7, 11) is 1.45. The molecule has 1 aromatic heterocycles. The molecule has 5 atom stereocenters. The van der Waals surface area contributed by atoms with Gasteiger partial charge in [-0.25, -0.2) is 22.2 Å². The highest BCUT2D eigenvalue weighted by atomic mass is 19.3. The van der Waals surface area contributed by atoms with Crippen LogP contribution in [0.4, 0.5) is 17.6 Å². The summed E-state index contributed by atoms with van der Waals surface area (Å²) < 4.78 is 67.1. The molecule has 1 saturated carbocycles. The van der Waals surface area contributed by atoms with Gasteiger partial charge in [-0.1, -0.05) is 16.4 Å². The number of aromatic nitrogens is 3. The minimum absolute atomic E-state index is 0.00633. The van der Waals surface area contributed by atoms with E-state index in [2.05, 4.69) is 20.8 Å². The first kappa shape index (κ1) is 29.8. The number of halogens is 4. The molecule has 3 heterocycles. The highest BCUT2D eigenvalue weighted by molar-refractivity contribution is 5.86. The molecule has 10 nitrogen and oxygen atoms in total. The van der Waals surface area contributed by atoms with Gasteiger partial charge in [0.1, 0.15) is 35.6 Å². The normalized spacial score (nSPS) is 32.0. The Kier molecular flexibility index (Phi) is 8.95. The predicted octanol–water partition coefficient (Wildman–Crippen LogP) is 2.91. The van der Waals surface area contributed by atoms with Crippen LogP contribution >= 0.6 is 0 Å². The van der Waals surface area contributed by atoms with Gasteiger partial charge >= 0.3 is 0 Å². The number of rotatable bonds is 9. The Morgan fingerprint density at radius 3 is 2.63 bits per heavy atom. The van der Waals surface area contributed by atoms with Crippen molar-refractivity contribution in [1.29, 1.82) is 0 Å². The van der Waals surface area contributed by atoms with E-state index in [4.69, 9.17) is 14.3 Å². The Bertz CT molecular complexity index is 1240. The number of ether oxygens (including phenoxy) is 2. The quantitative estimate of drug-likeness (QED) is 0.384. The van der Waals surface area contributed by atoms with Crippen LogP contribution in [-0.2, 0) is 14.3 Å². The standard InChI is InChI=1S/C27H35F4N5O5/c1-14-3-4-17(23(31)22(14)30)18-12-36(35-33-18)24-25(38)20(13-37)40-19(26(24)39-2)9-16-10-27(41-34-16)7-5-15(6-8-27)32-11-21(28)29/h3-4,12,15,19-21,24-26,32,37-38H,5-11,13H2,1-2H3. The highest BCUT2D eigenvalue weighted by Crippen LogP contribution is 2.41. The number of benzene rings is 1. The molecule has 5 rings (SSSR count). The molecule has 2 fully saturated rings. The van der Waals surface area contributed by atoms with Gasteiger partial charge < -0.3 is 29.8 Å². The average molecular weight is 586 g/mol. The molecule has 1 aliphatic carbocycles. The van der Waals surface area contributed by atoms with Crippen molar-refractivity contribution >= 4 is 5.71 Å². The van der Waals surface area contributed by atoms with Gasteiger partial charge in [0.05, 0.1) is 31.2 Å². The third-order valence-electron chi connectivity index (χ3n) is 8.39. The number of alkyl halides is 2. The number of aliphatic hydroxyl groups is 2. The van der Waals surface area contributed by atoms with E-state index in [0.717, 1.165) is 5.71 Å². The molecular formula is C27H35F4N5O5. The lowest BCUT2D eigenvalue weighted by Crippen LogP contribution is -2.57. The zero-order chi connectivity index (χ0) is 29.3. The summed E-state index contributed by atoms with van der Waals surface area (Å²) >= 11 is 0. The second-order valence-electron chi connectivity index (χ2n) is 11.1. The van der Waals surface area contributed by atoms with Crippen molar-refractivity contribution < 1.29 is 42.1 Å². The number of nitrogens with one attached hydrogen (secondary N) is 1. The third kappa shape index (κ3) is 6.12. The first-order chi connectivity index (χ1) is 19.6. The van der Waals surface area contributed by atoms with E-state index >= 15 is 0 Å². The fourth-order valence-electron chi connectivity index (χ4n) is 6.13. The summed E-state index contributed by atoms with van der Waals surface area (Å²) in [5, 5.41) is 36.4. The largest absolute Gasteiger partial charge is 0.394 e. The lowest BCUT2D eigenvalue weighted by Gasteiger charge is -2.43. The van der Waals surface area contributed by atoms with E-state index in [0.29, 0.717) is 32.1 Å². The van der Waals surface area contributed by atoms with Gasteiger partial charge in [0.25, 0.3) is 6.43 Å². The smallest absolute Gasteiger partial charge is 0.250 e. The molecule has 5 unspecified atom stereocenters. The van der Waals surface area contributed by atoms with Crippen LogP contribution in [0.25, 0.3) is 11.3 Å². The Labute approximate surface area is 234 Å². The van der Waals surface area contributed by atoms with Gasteiger partial charge in [0, 0.05) is 31.6 Å². The SMILES string of the molecule is COC1C(CC2=NOC3(CCC(NCC(F)F)CC3)C2)OC(CO)C(O)C1n1cc(-c2ccc(C)c(F)c2F)nn1. The van der Waals surface area contributed by atoms with E-state index < -0.39 is 60.7 Å². The third-order valence-corrected chi connectivity index (χ3v) is 8.39. The number of hydrogen-bond acceptors (Lipinski definition) is 9. The minimum atomic E-state index is -2.39. The molecule has 1 spiro atoms. The van der Waals surface area contributed by atoms with E-state index in [1.165, 1.54) is 37.0 Å². The molecule has 2 aromatic rings.